The van der Waals surface area contributed by atoms with Gasteiger partial charge in [0.25, 0.3) is 0 Å². The molecule has 2 N–H and O–H groups in total. The minimum Gasteiger partial charge on any atom is -0.325 e. The van der Waals surface area contributed by atoms with Crippen LogP contribution in [0.25, 0.3) is 0 Å². The highest BCUT2D eigenvalue weighted by molar-refractivity contribution is 5.14. The number of hydrogen-bond acceptors (Lipinski definition) is 2. The lowest BCUT2D eigenvalue weighted by atomic mass is 9.71. The molecule has 1 aromatic heterocycles. The van der Waals surface area contributed by atoms with Crippen LogP contribution in [0, 0.1) is 11.8 Å². The van der Waals surface area contributed by atoms with E-state index in [-0.39, 0.29) is 5.54 Å². The second-order valence-electron chi connectivity index (χ2n) is 6.72. The summed E-state index contributed by atoms with van der Waals surface area (Å²) in [5.74, 6) is 1.67. The number of hydrogen-bond donors (Lipinski definition) is 1. The van der Waals surface area contributed by atoms with Crippen molar-refractivity contribution in [2.75, 3.05) is 0 Å². The summed E-state index contributed by atoms with van der Waals surface area (Å²) in [6, 6.07) is 2.23. The molecule has 0 aromatic carbocycles. The van der Waals surface area contributed by atoms with Gasteiger partial charge in [0.1, 0.15) is 0 Å². The van der Waals surface area contributed by atoms with Crippen LogP contribution in [0.5, 0.6) is 0 Å². The molecular weight excluding hydrogens is 234 g/mol. The summed E-state index contributed by atoms with van der Waals surface area (Å²) in [5, 5.41) is 4.53. The van der Waals surface area contributed by atoms with Crippen LogP contribution in [0.4, 0.5) is 0 Å². The normalized spacial score (nSPS) is 28.0. The van der Waals surface area contributed by atoms with Crippen molar-refractivity contribution in [3.8, 4) is 0 Å². The standard InChI is InChI=1S/C16H29N3/c1-5-14-10-15(19(4)18-14)11-16(17)8-6-13(7-9-16)12(2)3/h10,12-13H,5-9,11,17H2,1-4H3. The Bertz CT molecular complexity index is 412. The smallest absolute Gasteiger partial charge is 0.0624 e. The van der Waals surface area contributed by atoms with Gasteiger partial charge < -0.3 is 5.73 Å². The van der Waals surface area contributed by atoms with Crippen molar-refractivity contribution in [2.24, 2.45) is 24.6 Å². The van der Waals surface area contributed by atoms with Gasteiger partial charge in [-0.3, -0.25) is 4.68 Å². The van der Waals surface area contributed by atoms with Crippen LogP contribution >= 0.6 is 0 Å². The van der Waals surface area contributed by atoms with Gasteiger partial charge in [0.2, 0.25) is 0 Å². The molecule has 1 saturated carbocycles. The van der Waals surface area contributed by atoms with Crippen molar-refractivity contribution < 1.29 is 0 Å². The Kier molecular flexibility index (Phi) is 4.34. The average Bonchev–Trinajstić information content (AvgIpc) is 2.70. The van der Waals surface area contributed by atoms with Crippen LogP contribution in [-0.4, -0.2) is 15.3 Å². The van der Waals surface area contributed by atoms with E-state index in [1.807, 2.05) is 11.7 Å². The van der Waals surface area contributed by atoms with E-state index in [1.54, 1.807) is 0 Å². The minimum absolute atomic E-state index is 0.00973. The van der Waals surface area contributed by atoms with E-state index in [0.717, 1.165) is 37.5 Å². The second-order valence-corrected chi connectivity index (χ2v) is 6.72. The van der Waals surface area contributed by atoms with Gasteiger partial charge in [0.05, 0.1) is 5.69 Å². The van der Waals surface area contributed by atoms with E-state index in [0.29, 0.717) is 0 Å². The van der Waals surface area contributed by atoms with E-state index in [1.165, 1.54) is 24.2 Å². The predicted octanol–water partition coefficient (Wildman–Crippen LogP) is 3.07. The van der Waals surface area contributed by atoms with Gasteiger partial charge >= 0.3 is 0 Å². The maximum Gasteiger partial charge on any atom is 0.0624 e. The molecule has 108 valence electrons. The van der Waals surface area contributed by atoms with Crippen LogP contribution in [-0.2, 0) is 19.9 Å². The van der Waals surface area contributed by atoms with Crippen molar-refractivity contribution in [1.82, 2.24) is 9.78 Å². The molecule has 1 aromatic rings. The summed E-state index contributed by atoms with van der Waals surface area (Å²) in [6.07, 6.45) is 6.85. The fourth-order valence-electron chi connectivity index (χ4n) is 3.33. The second kappa shape index (κ2) is 5.66. The van der Waals surface area contributed by atoms with Crippen LogP contribution in [0.2, 0.25) is 0 Å². The molecule has 3 nitrogen and oxygen atoms in total. The Morgan fingerprint density at radius 2 is 2.05 bits per heavy atom. The Labute approximate surface area is 117 Å². The Morgan fingerprint density at radius 1 is 1.42 bits per heavy atom. The zero-order valence-electron chi connectivity index (χ0n) is 12.9. The van der Waals surface area contributed by atoms with Crippen molar-refractivity contribution in [2.45, 2.75) is 64.8 Å². The van der Waals surface area contributed by atoms with Gasteiger partial charge in [-0.05, 0) is 50.0 Å². The first-order valence-corrected chi connectivity index (χ1v) is 7.74. The lowest BCUT2D eigenvalue weighted by Gasteiger charge is -2.38. The lowest BCUT2D eigenvalue weighted by molar-refractivity contribution is 0.192. The number of nitrogens with two attached hydrogens (primary N) is 1. The van der Waals surface area contributed by atoms with Gasteiger partial charge in [-0.1, -0.05) is 20.8 Å². The van der Waals surface area contributed by atoms with Gasteiger partial charge in [0, 0.05) is 24.7 Å². The highest BCUT2D eigenvalue weighted by Crippen LogP contribution is 2.36. The molecule has 0 unspecified atom stereocenters. The molecule has 0 atom stereocenters. The number of nitrogens with zero attached hydrogens (tertiary/aromatic N) is 2. The zero-order chi connectivity index (χ0) is 14.0. The summed E-state index contributed by atoms with van der Waals surface area (Å²) in [4.78, 5) is 0. The summed E-state index contributed by atoms with van der Waals surface area (Å²) in [7, 11) is 2.04. The molecule has 0 radical (unpaired) electrons. The Hall–Kier alpha value is -0.830. The average molecular weight is 263 g/mol. The van der Waals surface area contributed by atoms with Gasteiger partial charge in [0.15, 0.2) is 0 Å². The van der Waals surface area contributed by atoms with Crippen LogP contribution < -0.4 is 5.73 Å². The molecule has 0 spiro atoms. The molecule has 1 heterocycles. The quantitative estimate of drug-likeness (QED) is 0.907. The summed E-state index contributed by atoms with van der Waals surface area (Å²) in [6.45, 7) is 6.82. The molecule has 3 heteroatoms. The molecule has 1 fully saturated rings. The third-order valence-electron chi connectivity index (χ3n) is 4.89. The SMILES string of the molecule is CCc1cc(CC2(N)CCC(C(C)C)CC2)n(C)n1. The fraction of sp³-hybridized carbons (Fsp3) is 0.812. The van der Waals surface area contributed by atoms with E-state index >= 15 is 0 Å². The summed E-state index contributed by atoms with van der Waals surface area (Å²) < 4.78 is 2.02. The van der Waals surface area contributed by atoms with Crippen LogP contribution in [0.15, 0.2) is 6.07 Å². The van der Waals surface area contributed by atoms with Gasteiger partial charge in [-0.25, -0.2) is 0 Å². The summed E-state index contributed by atoms with van der Waals surface area (Å²) in [5.41, 5.74) is 9.09. The Balaban J connectivity index is 2.00. The maximum atomic E-state index is 6.63. The van der Waals surface area contributed by atoms with Crippen molar-refractivity contribution in [3.63, 3.8) is 0 Å². The molecule has 19 heavy (non-hydrogen) atoms. The molecule has 2 rings (SSSR count). The number of aromatic nitrogens is 2. The van der Waals surface area contributed by atoms with Crippen molar-refractivity contribution in [3.05, 3.63) is 17.5 Å². The van der Waals surface area contributed by atoms with E-state index in [9.17, 15) is 0 Å². The zero-order valence-corrected chi connectivity index (χ0v) is 12.9. The predicted molar refractivity (Wildman–Crippen MR) is 80.0 cm³/mol. The molecule has 1 aliphatic rings. The lowest BCUT2D eigenvalue weighted by Crippen LogP contribution is -2.46. The van der Waals surface area contributed by atoms with E-state index in [2.05, 4.69) is 31.9 Å². The molecular formula is C16H29N3. The van der Waals surface area contributed by atoms with Crippen molar-refractivity contribution >= 4 is 0 Å². The van der Waals surface area contributed by atoms with Crippen LogP contribution in [0.1, 0.15) is 57.8 Å². The highest BCUT2D eigenvalue weighted by Gasteiger charge is 2.33. The molecule has 0 aliphatic heterocycles. The fourth-order valence-corrected chi connectivity index (χ4v) is 3.33. The number of aryl methyl sites for hydroxylation is 2. The molecule has 1 aliphatic carbocycles. The van der Waals surface area contributed by atoms with Crippen LogP contribution in [0.3, 0.4) is 0 Å². The largest absolute Gasteiger partial charge is 0.325 e. The molecule has 0 saturated heterocycles. The van der Waals surface area contributed by atoms with E-state index < -0.39 is 0 Å². The van der Waals surface area contributed by atoms with Crippen molar-refractivity contribution in [1.29, 1.82) is 0 Å². The first-order chi connectivity index (χ1) is 8.93. The minimum atomic E-state index is -0.00973. The highest BCUT2D eigenvalue weighted by atomic mass is 15.3. The molecule has 0 amide bonds. The maximum absolute atomic E-state index is 6.63. The third kappa shape index (κ3) is 3.38. The van der Waals surface area contributed by atoms with Gasteiger partial charge in [-0.2, -0.15) is 5.10 Å². The third-order valence-corrected chi connectivity index (χ3v) is 4.89. The Morgan fingerprint density at radius 3 is 2.53 bits per heavy atom. The van der Waals surface area contributed by atoms with Gasteiger partial charge in [-0.15, -0.1) is 0 Å². The topological polar surface area (TPSA) is 43.8 Å². The summed E-state index contributed by atoms with van der Waals surface area (Å²) >= 11 is 0. The first kappa shape index (κ1) is 14.6. The number of rotatable bonds is 4. The molecule has 0 bridgehead atoms. The monoisotopic (exact) mass is 263 g/mol. The van der Waals surface area contributed by atoms with E-state index in [4.69, 9.17) is 5.73 Å². The first-order valence-electron chi connectivity index (χ1n) is 7.74.